The van der Waals surface area contributed by atoms with Crippen LogP contribution in [0.1, 0.15) is 24.5 Å². The Bertz CT molecular complexity index is 944. The summed E-state index contributed by atoms with van der Waals surface area (Å²) in [6.07, 6.45) is -0.764. The molecule has 2 amide bonds. The molecule has 0 spiro atoms. The van der Waals surface area contributed by atoms with Gasteiger partial charge in [-0.3, -0.25) is 19.3 Å². The summed E-state index contributed by atoms with van der Waals surface area (Å²) in [6.45, 7) is 5.55. The molecule has 3 rings (SSSR count). The molecule has 0 saturated carbocycles. The summed E-state index contributed by atoms with van der Waals surface area (Å²) >= 11 is 1.58. The molecular weight excluding hydrogens is 388 g/mol. The number of hydrogen-bond donors (Lipinski definition) is 1. The summed E-state index contributed by atoms with van der Waals surface area (Å²) in [4.78, 5) is 39.3. The lowest BCUT2D eigenvalue weighted by Crippen LogP contribution is -2.47. The van der Waals surface area contributed by atoms with Crippen molar-refractivity contribution in [1.29, 1.82) is 0 Å². The first kappa shape index (κ1) is 20.9. The highest BCUT2D eigenvalue weighted by atomic mass is 32.2. The van der Waals surface area contributed by atoms with Crippen LogP contribution in [-0.2, 0) is 19.1 Å². The molecule has 1 atom stereocenters. The van der Waals surface area contributed by atoms with E-state index >= 15 is 0 Å². The third kappa shape index (κ3) is 5.17. The predicted octanol–water partition coefficient (Wildman–Crippen LogP) is 3.70. The zero-order chi connectivity index (χ0) is 21.0. The molecule has 2 aromatic carbocycles. The molecule has 0 unspecified atom stereocenters. The van der Waals surface area contributed by atoms with Crippen molar-refractivity contribution in [3.05, 3.63) is 53.6 Å². The van der Waals surface area contributed by atoms with Crippen LogP contribution in [-0.4, -0.2) is 36.2 Å². The summed E-state index contributed by atoms with van der Waals surface area (Å²) in [5.41, 5.74) is 3.61. The van der Waals surface area contributed by atoms with Crippen molar-refractivity contribution in [2.75, 3.05) is 22.5 Å². The molecule has 2 aromatic rings. The number of carbonyl (C=O) groups is 3. The summed E-state index contributed by atoms with van der Waals surface area (Å²) < 4.78 is 5.32. The maximum Gasteiger partial charge on any atom is 0.307 e. The normalized spacial score (nSPS) is 14.0. The number of amides is 2. The average molecular weight is 413 g/mol. The summed E-state index contributed by atoms with van der Waals surface area (Å²) in [5, 5.41) is 2.73. The number of rotatable bonds is 6. The van der Waals surface area contributed by atoms with Gasteiger partial charge in [0.05, 0.1) is 17.8 Å². The topological polar surface area (TPSA) is 75.7 Å². The van der Waals surface area contributed by atoms with Crippen molar-refractivity contribution in [2.45, 2.75) is 38.2 Å². The molecule has 6 nitrogen and oxygen atoms in total. The molecule has 0 saturated heterocycles. The number of ether oxygens (including phenoxy) is 1. The number of carbonyl (C=O) groups excluding carboxylic acids is 3. The fourth-order valence-electron chi connectivity index (χ4n) is 3.01. The minimum absolute atomic E-state index is 0.0969. The lowest BCUT2D eigenvalue weighted by atomic mass is 10.1. The van der Waals surface area contributed by atoms with Gasteiger partial charge in [0.15, 0.2) is 6.10 Å². The van der Waals surface area contributed by atoms with E-state index in [0.29, 0.717) is 17.1 Å². The van der Waals surface area contributed by atoms with Crippen molar-refractivity contribution in [2.24, 2.45) is 0 Å². The van der Waals surface area contributed by atoms with Gasteiger partial charge in [-0.2, -0.15) is 0 Å². The van der Waals surface area contributed by atoms with Gasteiger partial charge < -0.3 is 10.1 Å². The molecular formula is C22H24N2O4S. The maximum absolute atomic E-state index is 12.8. The largest absolute Gasteiger partial charge is 0.452 e. The number of fused-ring (bicyclic) bond motifs is 1. The van der Waals surface area contributed by atoms with Gasteiger partial charge in [0, 0.05) is 10.6 Å². The lowest BCUT2D eigenvalue weighted by Gasteiger charge is -2.30. The van der Waals surface area contributed by atoms with Crippen LogP contribution in [0, 0.1) is 13.8 Å². The second kappa shape index (κ2) is 9.13. The number of thioether (sulfide) groups is 1. The van der Waals surface area contributed by atoms with E-state index in [2.05, 4.69) is 31.3 Å². The highest BCUT2D eigenvalue weighted by Crippen LogP contribution is 2.29. The summed E-state index contributed by atoms with van der Waals surface area (Å²) in [5.74, 6) is -0.559. The number of benzene rings is 2. The summed E-state index contributed by atoms with van der Waals surface area (Å²) in [6, 6.07) is 13.2. The van der Waals surface area contributed by atoms with Crippen molar-refractivity contribution in [3.8, 4) is 0 Å². The second-order valence-corrected chi connectivity index (χ2v) is 8.13. The minimum atomic E-state index is -0.965. The lowest BCUT2D eigenvalue weighted by molar-refractivity contribution is -0.153. The SMILES string of the molecule is Cc1ccc(SCCC(=O)O[C@H](C)C(=O)N2CC(=O)Nc3ccccc32)cc1C. The van der Waals surface area contributed by atoms with Gasteiger partial charge >= 0.3 is 5.97 Å². The van der Waals surface area contributed by atoms with Crippen molar-refractivity contribution < 1.29 is 19.1 Å². The molecule has 29 heavy (non-hydrogen) atoms. The van der Waals surface area contributed by atoms with E-state index in [1.807, 2.05) is 6.07 Å². The third-order valence-corrected chi connectivity index (χ3v) is 5.74. The highest BCUT2D eigenvalue weighted by Gasteiger charge is 2.31. The first-order chi connectivity index (χ1) is 13.8. The zero-order valence-corrected chi connectivity index (χ0v) is 17.5. The van der Waals surface area contributed by atoms with Crippen LogP contribution in [0.15, 0.2) is 47.4 Å². The molecule has 1 aliphatic rings. The number of aryl methyl sites for hydroxylation is 2. The van der Waals surface area contributed by atoms with Gasteiger partial charge in [-0.05, 0) is 56.2 Å². The Labute approximate surface area is 174 Å². The van der Waals surface area contributed by atoms with E-state index < -0.39 is 18.0 Å². The fraction of sp³-hybridized carbons (Fsp3) is 0.318. The van der Waals surface area contributed by atoms with E-state index in [1.165, 1.54) is 23.0 Å². The van der Waals surface area contributed by atoms with Gasteiger partial charge in [-0.15, -0.1) is 11.8 Å². The molecule has 7 heteroatoms. The average Bonchev–Trinajstić information content (AvgIpc) is 2.69. The Hall–Kier alpha value is -2.80. The molecule has 0 aromatic heterocycles. The Balaban J connectivity index is 1.53. The predicted molar refractivity (Wildman–Crippen MR) is 114 cm³/mol. The number of nitrogens with zero attached hydrogens (tertiary/aromatic N) is 1. The van der Waals surface area contributed by atoms with E-state index in [4.69, 9.17) is 4.74 Å². The molecule has 1 aliphatic heterocycles. The van der Waals surface area contributed by atoms with Crippen LogP contribution in [0.25, 0.3) is 0 Å². The van der Waals surface area contributed by atoms with Gasteiger partial charge in [0.25, 0.3) is 5.91 Å². The smallest absolute Gasteiger partial charge is 0.307 e. The quantitative estimate of drug-likeness (QED) is 0.578. The van der Waals surface area contributed by atoms with E-state index in [9.17, 15) is 14.4 Å². The summed E-state index contributed by atoms with van der Waals surface area (Å²) in [7, 11) is 0. The van der Waals surface area contributed by atoms with E-state index in [0.717, 1.165) is 4.90 Å². The molecule has 0 aliphatic carbocycles. The van der Waals surface area contributed by atoms with Crippen LogP contribution >= 0.6 is 11.8 Å². The third-order valence-electron chi connectivity index (χ3n) is 4.75. The first-order valence-corrected chi connectivity index (χ1v) is 10.4. The number of anilines is 2. The van der Waals surface area contributed by atoms with Crippen LogP contribution in [0.4, 0.5) is 11.4 Å². The number of hydrogen-bond acceptors (Lipinski definition) is 5. The number of para-hydroxylation sites is 2. The standard InChI is InChI=1S/C22H24N2O4S/c1-14-8-9-17(12-15(14)2)29-11-10-21(26)28-16(3)22(27)24-13-20(25)23-18-6-4-5-7-19(18)24/h4-9,12,16H,10-11,13H2,1-3H3,(H,23,25)/t16-/m1/s1. The van der Waals surface area contributed by atoms with Crippen molar-refractivity contribution in [1.82, 2.24) is 0 Å². The fourth-order valence-corrected chi connectivity index (χ4v) is 3.94. The number of esters is 1. The second-order valence-electron chi connectivity index (χ2n) is 6.97. The molecule has 0 fully saturated rings. The molecule has 0 bridgehead atoms. The highest BCUT2D eigenvalue weighted by molar-refractivity contribution is 7.99. The Morgan fingerprint density at radius 2 is 1.93 bits per heavy atom. The van der Waals surface area contributed by atoms with Crippen LogP contribution in [0.3, 0.4) is 0 Å². The minimum Gasteiger partial charge on any atom is -0.452 e. The van der Waals surface area contributed by atoms with E-state index in [1.54, 1.807) is 36.0 Å². The maximum atomic E-state index is 12.8. The van der Waals surface area contributed by atoms with Gasteiger partial charge in [-0.25, -0.2) is 0 Å². The Morgan fingerprint density at radius 3 is 2.69 bits per heavy atom. The zero-order valence-electron chi connectivity index (χ0n) is 16.7. The molecule has 1 N–H and O–H groups in total. The van der Waals surface area contributed by atoms with Gasteiger partial charge in [0.2, 0.25) is 5.91 Å². The van der Waals surface area contributed by atoms with E-state index in [-0.39, 0.29) is 18.9 Å². The molecule has 0 radical (unpaired) electrons. The molecule has 1 heterocycles. The van der Waals surface area contributed by atoms with Crippen molar-refractivity contribution >= 4 is 40.9 Å². The van der Waals surface area contributed by atoms with Crippen molar-refractivity contribution in [3.63, 3.8) is 0 Å². The number of nitrogens with one attached hydrogen (secondary N) is 1. The first-order valence-electron chi connectivity index (χ1n) is 9.45. The Kier molecular flexibility index (Phi) is 6.59. The monoisotopic (exact) mass is 412 g/mol. The van der Waals surface area contributed by atoms with Gasteiger partial charge in [-0.1, -0.05) is 18.2 Å². The van der Waals surface area contributed by atoms with Crippen LogP contribution < -0.4 is 10.2 Å². The molecule has 152 valence electrons. The van der Waals surface area contributed by atoms with Crippen LogP contribution in [0.2, 0.25) is 0 Å². The van der Waals surface area contributed by atoms with Gasteiger partial charge in [0.1, 0.15) is 6.54 Å². The Morgan fingerprint density at radius 1 is 1.17 bits per heavy atom. The van der Waals surface area contributed by atoms with Crippen LogP contribution in [0.5, 0.6) is 0 Å².